The molecule has 0 unspecified atom stereocenters. The first-order chi connectivity index (χ1) is 9.79. The Hall–Kier alpha value is -2.40. The van der Waals surface area contributed by atoms with Crippen molar-refractivity contribution in [1.29, 1.82) is 0 Å². The Kier molecular flexibility index (Phi) is 3.35. The number of aromatic nitrogens is 2. The molecule has 2 heterocycles. The summed E-state index contributed by atoms with van der Waals surface area (Å²) in [7, 11) is 1.48. The molecule has 0 saturated carbocycles. The van der Waals surface area contributed by atoms with Crippen LogP contribution in [0.4, 0.5) is 0 Å². The van der Waals surface area contributed by atoms with E-state index in [1.807, 2.05) is 41.8 Å². The summed E-state index contributed by atoms with van der Waals surface area (Å²) in [6.45, 7) is 0. The normalized spacial score (nSPS) is 11.2. The Morgan fingerprint density at radius 1 is 1.25 bits per heavy atom. The van der Waals surface area contributed by atoms with Gasteiger partial charge in [-0.3, -0.25) is 9.20 Å². The molecular weight excluding hydrogens is 272 g/mol. The maximum Gasteiger partial charge on any atom is 0.301 e. The highest BCUT2D eigenvalue weighted by atomic mass is 32.1. The number of rotatable bonds is 3. The SMILES string of the molecule is COc1c(C=Cc2ccccc2)nc2sccn2c1=O. The van der Waals surface area contributed by atoms with Crippen molar-refractivity contribution in [2.24, 2.45) is 0 Å². The van der Waals surface area contributed by atoms with E-state index >= 15 is 0 Å². The van der Waals surface area contributed by atoms with Crippen LogP contribution in [0.2, 0.25) is 0 Å². The van der Waals surface area contributed by atoms with Crippen molar-refractivity contribution in [3.63, 3.8) is 0 Å². The first-order valence-electron chi connectivity index (χ1n) is 6.06. The van der Waals surface area contributed by atoms with E-state index in [1.54, 1.807) is 12.3 Å². The molecule has 0 saturated heterocycles. The molecule has 100 valence electrons. The minimum atomic E-state index is -0.188. The number of hydrogen-bond acceptors (Lipinski definition) is 4. The van der Waals surface area contributed by atoms with Gasteiger partial charge >= 0.3 is 5.56 Å². The fraction of sp³-hybridized carbons (Fsp3) is 0.0667. The van der Waals surface area contributed by atoms with E-state index in [4.69, 9.17) is 4.74 Å². The van der Waals surface area contributed by atoms with Crippen LogP contribution in [0, 0.1) is 0 Å². The lowest BCUT2D eigenvalue weighted by Crippen LogP contribution is -2.16. The van der Waals surface area contributed by atoms with E-state index in [1.165, 1.54) is 22.8 Å². The van der Waals surface area contributed by atoms with Crippen molar-refractivity contribution >= 4 is 28.4 Å². The number of fused-ring (bicyclic) bond motifs is 1. The average Bonchev–Trinajstić information content (AvgIpc) is 2.95. The minimum absolute atomic E-state index is 0.188. The largest absolute Gasteiger partial charge is 0.490 e. The smallest absolute Gasteiger partial charge is 0.301 e. The third kappa shape index (κ3) is 2.23. The second kappa shape index (κ2) is 5.30. The quantitative estimate of drug-likeness (QED) is 0.742. The minimum Gasteiger partial charge on any atom is -0.490 e. The molecule has 3 aromatic rings. The third-order valence-corrected chi connectivity index (χ3v) is 3.65. The predicted molar refractivity (Wildman–Crippen MR) is 81.3 cm³/mol. The highest BCUT2D eigenvalue weighted by molar-refractivity contribution is 7.15. The summed E-state index contributed by atoms with van der Waals surface area (Å²) in [4.78, 5) is 17.3. The summed E-state index contributed by atoms with van der Waals surface area (Å²) < 4.78 is 6.69. The Morgan fingerprint density at radius 2 is 2.05 bits per heavy atom. The standard InChI is InChI=1S/C15H12N2O2S/c1-19-13-12(8-7-11-5-3-2-4-6-11)16-15-17(14(13)18)9-10-20-15/h2-10H,1H3. The summed E-state index contributed by atoms with van der Waals surface area (Å²) in [5, 5.41) is 1.83. The van der Waals surface area contributed by atoms with E-state index in [2.05, 4.69) is 4.98 Å². The van der Waals surface area contributed by atoms with Crippen LogP contribution in [0.25, 0.3) is 17.1 Å². The van der Waals surface area contributed by atoms with Gasteiger partial charge in [0.2, 0.25) is 5.75 Å². The molecule has 4 nitrogen and oxygen atoms in total. The van der Waals surface area contributed by atoms with Gasteiger partial charge in [-0.1, -0.05) is 36.4 Å². The third-order valence-electron chi connectivity index (χ3n) is 2.89. The molecule has 0 atom stereocenters. The molecule has 2 aromatic heterocycles. The molecule has 0 radical (unpaired) electrons. The van der Waals surface area contributed by atoms with Crippen LogP contribution in [0.1, 0.15) is 11.3 Å². The lowest BCUT2D eigenvalue weighted by molar-refractivity contribution is 0.404. The molecule has 1 aromatic carbocycles. The second-order valence-electron chi connectivity index (χ2n) is 4.14. The summed E-state index contributed by atoms with van der Waals surface area (Å²) in [5.41, 5.74) is 1.40. The van der Waals surface area contributed by atoms with E-state index in [9.17, 15) is 4.79 Å². The Bertz CT molecular complexity index is 819. The molecule has 3 rings (SSSR count). The highest BCUT2D eigenvalue weighted by Gasteiger charge is 2.11. The number of hydrogen-bond donors (Lipinski definition) is 0. The molecule has 0 spiro atoms. The van der Waals surface area contributed by atoms with Gasteiger partial charge in [-0.2, -0.15) is 0 Å². The van der Waals surface area contributed by atoms with Crippen LogP contribution in [-0.2, 0) is 0 Å². The average molecular weight is 284 g/mol. The van der Waals surface area contributed by atoms with Crippen LogP contribution in [-0.4, -0.2) is 16.5 Å². The number of ether oxygens (including phenoxy) is 1. The maximum atomic E-state index is 12.2. The van der Waals surface area contributed by atoms with Gasteiger partial charge in [0, 0.05) is 11.6 Å². The summed E-state index contributed by atoms with van der Waals surface area (Å²) >= 11 is 1.42. The lowest BCUT2D eigenvalue weighted by atomic mass is 10.2. The van der Waals surface area contributed by atoms with Crippen LogP contribution >= 0.6 is 11.3 Å². The van der Waals surface area contributed by atoms with Gasteiger partial charge < -0.3 is 4.74 Å². The van der Waals surface area contributed by atoms with Crippen LogP contribution < -0.4 is 10.3 Å². The van der Waals surface area contributed by atoms with E-state index in [0.29, 0.717) is 10.7 Å². The first-order valence-corrected chi connectivity index (χ1v) is 6.94. The zero-order valence-corrected chi connectivity index (χ0v) is 11.6. The topological polar surface area (TPSA) is 43.6 Å². The molecule has 0 amide bonds. The van der Waals surface area contributed by atoms with Crippen LogP contribution in [0.3, 0.4) is 0 Å². The molecule has 5 heteroatoms. The zero-order chi connectivity index (χ0) is 13.9. The fourth-order valence-corrected chi connectivity index (χ4v) is 2.64. The summed E-state index contributed by atoms with van der Waals surface area (Å²) in [6, 6.07) is 9.85. The molecule has 0 fully saturated rings. The van der Waals surface area contributed by atoms with Gasteiger partial charge in [-0.15, -0.1) is 11.3 Å². The molecule has 0 N–H and O–H groups in total. The zero-order valence-electron chi connectivity index (χ0n) is 10.8. The van der Waals surface area contributed by atoms with Crippen molar-refractivity contribution < 1.29 is 4.74 Å². The van der Waals surface area contributed by atoms with E-state index < -0.39 is 0 Å². The van der Waals surface area contributed by atoms with Crippen LogP contribution in [0.15, 0.2) is 46.7 Å². The Morgan fingerprint density at radius 3 is 2.80 bits per heavy atom. The predicted octanol–water partition coefficient (Wildman–Crippen LogP) is 2.94. The van der Waals surface area contributed by atoms with Gasteiger partial charge in [0.25, 0.3) is 0 Å². The first kappa shape index (κ1) is 12.6. The van der Waals surface area contributed by atoms with Crippen molar-refractivity contribution in [3.05, 3.63) is 63.5 Å². The lowest BCUT2D eigenvalue weighted by Gasteiger charge is -2.03. The fourth-order valence-electron chi connectivity index (χ4n) is 1.92. The molecule has 0 aliphatic carbocycles. The van der Waals surface area contributed by atoms with Gasteiger partial charge in [-0.05, 0) is 11.6 Å². The summed E-state index contributed by atoms with van der Waals surface area (Å²) in [6.07, 6.45) is 5.41. The Balaban J connectivity index is 2.11. The van der Waals surface area contributed by atoms with Gasteiger partial charge in [-0.25, -0.2) is 4.98 Å². The van der Waals surface area contributed by atoms with Gasteiger partial charge in [0.15, 0.2) is 4.96 Å². The maximum absolute atomic E-state index is 12.2. The van der Waals surface area contributed by atoms with Gasteiger partial charge in [0.05, 0.1) is 7.11 Å². The van der Waals surface area contributed by atoms with Crippen molar-refractivity contribution in [2.75, 3.05) is 7.11 Å². The summed E-state index contributed by atoms with van der Waals surface area (Å²) in [5.74, 6) is 0.257. The molecule has 0 aliphatic rings. The molecule has 0 bridgehead atoms. The van der Waals surface area contributed by atoms with E-state index in [-0.39, 0.29) is 11.3 Å². The number of thiazole rings is 1. The molecule has 20 heavy (non-hydrogen) atoms. The van der Waals surface area contributed by atoms with Crippen molar-refractivity contribution in [1.82, 2.24) is 9.38 Å². The van der Waals surface area contributed by atoms with Crippen LogP contribution in [0.5, 0.6) is 5.75 Å². The number of nitrogens with zero attached hydrogens (tertiary/aromatic N) is 2. The number of benzene rings is 1. The second-order valence-corrected chi connectivity index (χ2v) is 5.01. The molecular formula is C15H12N2O2S. The number of methoxy groups -OCH3 is 1. The molecule has 0 aliphatic heterocycles. The van der Waals surface area contributed by atoms with E-state index in [0.717, 1.165) is 5.56 Å². The van der Waals surface area contributed by atoms with Gasteiger partial charge in [0.1, 0.15) is 5.69 Å². The Labute approximate surface area is 119 Å². The monoisotopic (exact) mass is 284 g/mol. The van der Waals surface area contributed by atoms with Crippen molar-refractivity contribution in [3.8, 4) is 5.75 Å². The van der Waals surface area contributed by atoms with Crippen molar-refractivity contribution in [2.45, 2.75) is 0 Å². The highest BCUT2D eigenvalue weighted by Crippen LogP contribution is 2.17.